The second-order valence-corrected chi connectivity index (χ2v) is 9.54. The van der Waals surface area contributed by atoms with Crippen molar-refractivity contribution in [1.82, 2.24) is 9.62 Å². The molecule has 6 nitrogen and oxygen atoms in total. The summed E-state index contributed by atoms with van der Waals surface area (Å²) in [4.78, 5) is 16.7. The first-order chi connectivity index (χ1) is 13.7. The Kier molecular flexibility index (Phi) is 6.51. The van der Waals surface area contributed by atoms with E-state index in [4.69, 9.17) is 11.6 Å². The maximum atomic E-state index is 12.7. The van der Waals surface area contributed by atoms with E-state index in [0.717, 1.165) is 11.3 Å². The number of nitrogens with zero attached hydrogens (tertiary/aromatic N) is 2. The third-order valence-corrected chi connectivity index (χ3v) is 7.03. The number of hydrogen-bond donors (Lipinski definition) is 1. The van der Waals surface area contributed by atoms with Crippen LogP contribution in [-0.4, -0.2) is 51.9 Å². The van der Waals surface area contributed by atoms with Crippen molar-refractivity contribution in [3.8, 4) is 0 Å². The Labute approximate surface area is 177 Å². The van der Waals surface area contributed by atoms with Crippen molar-refractivity contribution in [2.75, 3.05) is 37.6 Å². The quantitative estimate of drug-likeness (QED) is 0.784. The SMILES string of the molecule is Cc1cc(C)c(S(=O)(=O)NCC(=O)N2CCN(c3cccc(Cl)c3)CC2)c(C)c1. The number of halogens is 1. The summed E-state index contributed by atoms with van der Waals surface area (Å²) in [6, 6.07) is 11.3. The van der Waals surface area contributed by atoms with Gasteiger partial charge in [-0.2, -0.15) is 0 Å². The van der Waals surface area contributed by atoms with E-state index in [0.29, 0.717) is 42.3 Å². The number of nitrogens with one attached hydrogen (secondary N) is 1. The molecule has 156 valence electrons. The lowest BCUT2D eigenvalue weighted by atomic mass is 10.1. The van der Waals surface area contributed by atoms with Crippen LogP contribution in [0.5, 0.6) is 0 Å². The molecule has 8 heteroatoms. The first-order valence-electron chi connectivity index (χ1n) is 9.53. The molecule has 1 heterocycles. The van der Waals surface area contributed by atoms with Crippen molar-refractivity contribution in [2.45, 2.75) is 25.7 Å². The van der Waals surface area contributed by atoms with Gasteiger partial charge >= 0.3 is 0 Å². The monoisotopic (exact) mass is 435 g/mol. The van der Waals surface area contributed by atoms with Gasteiger partial charge in [-0.05, 0) is 50.1 Å². The summed E-state index contributed by atoms with van der Waals surface area (Å²) >= 11 is 6.05. The highest BCUT2D eigenvalue weighted by Crippen LogP contribution is 2.22. The molecule has 29 heavy (non-hydrogen) atoms. The zero-order valence-electron chi connectivity index (χ0n) is 16.9. The zero-order chi connectivity index (χ0) is 21.2. The topological polar surface area (TPSA) is 69.7 Å². The maximum Gasteiger partial charge on any atom is 0.241 e. The van der Waals surface area contributed by atoms with Gasteiger partial charge in [0.15, 0.2) is 0 Å². The summed E-state index contributed by atoms with van der Waals surface area (Å²) in [5.41, 5.74) is 3.39. The first-order valence-corrected chi connectivity index (χ1v) is 11.4. The molecule has 0 bridgehead atoms. The molecule has 1 saturated heterocycles. The van der Waals surface area contributed by atoms with Gasteiger partial charge in [0, 0.05) is 36.9 Å². The van der Waals surface area contributed by atoms with E-state index in [2.05, 4.69) is 9.62 Å². The normalized spacial score (nSPS) is 14.9. The van der Waals surface area contributed by atoms with Crippen LogP contribution in [0.1, 0.15) is 16.7 Å². The van der Waals surface area contributed by atoms with E-state index >= 15 is 0 Å². The van der Waals surface area contributed by atoms with Crippen molar-refractivity contribution in [1.29, 1.82) is 0 Å². The Bertz CT molecular complexity index is 993. The predicted molar refractivity (Wildman–Crippen MR) is 116 cm³/mol. The highest BCUT2D eigenvalue weighted by Gasteiger charge is 2.25. The zero-order valence-corrected chi connectivity index (χ0v) is 18.5. The predicted octanol–water partition coefficient (Wildman–Crippen LogP) is 2.89. The minimum absolute atomic E-state index is 0.221. The van der Waals surface area contributed by atoms with Gasteiger partial charge in [-0.1, -0.05) is 35.4 Å². The number of amides is 1. The van der Waals surface area contributed by atoms with E-state index < -0.39 is 10.0 Å². The van der Waals surface area contributed by atoms with Gasteiger partial charge in [0.25, 0.3) is 0 Å². The smallest absolute Gasteiger partial charge is 0.241 e. The highest BCUT2D eigenvalue weighted by molar-refractivity contribution is 7.89. The Morgan fingerprint density at radius 2 is 1.66 bits per heavy atom. The number of sulfonamides is 1. The van der Waals surface area contributed by atoms with Crippen LogP contribution >= 0.6 is 11.6 Å². The molecule has 2 aromatic carbocycles. The number of benzene rings is 2. The van der Waals surface area contributed by atoms with Crippen LogP contribution in [0.25, 0.3) is 0 Å². The van der Waals surface area contributed by atoms with Crippen LogP contribution in [0.15, 0.2) is 41.3 Å². The third kappa shape index (κ3) is 5.10. The average Bonchev–Trinajstić information content (AvgIpc) is 2.65. The number of aryl methyl sites for hydroxylation is 3. The molecule has 1 amide bonds. The number of hydrogen-bond acceptors (Lipinski definition) is 4. The van der Waals surface area contributed by atoms with Crippen LogP contribution in [0, 0.1) is 20.8 Å². The number of anilines is 1. The minimum atomic E-state index is -3.75. The Morgan fingerprint density at radius 3 is 2.24 bits per heavy atom. The van der Waals surface area contributed by atoms with Gasteiger partial charge in [-0.25, -0.2) is 13.1 Å². The summed E-state index contributed by atoms with van der Waals surface area (Å²) in [5, 5.41) is 0.678. The number of carbonyl (C=O) groups excluding carboxylic acids is 1. The summed E-state index contributed by atoms with van der Waals surface area (Å²) in [6.07, 6.45) is 0. The van der Waals surface area contributed by atoms with E-state index in [1.54, 1.807) is 18.7 Å². The lowest BCUT2D eigenvalue weighted by Crippen LogP contribution is -2.51. The van der Waals surface area contributed by atoms with Gasteiger partial charge in [0.1, 0.15) is 0 Å². The van der Waals surface area contributed by atoms with Crippen molar-refractivity contribution in [3.05, 3.63) is 58.1 Å². The molecular formula is C21H26ClN3O3S. The van der Waals surface area contributed by atoms with Crippen molar-refractivity contribution in [2.24, 2.45) is 0 Å². The molecule has 0 spiro atoms. The fourth-order valence-electron chi connectivity index (χ4n) is 3.82. The number of carbonyl (C=O) groups is 1. The Morgan fingerprint density at radius 1 is 1.03 bits per heavy atom. The molecule has 0 saturated carbocycles. The van der Waals surface area contributed by atoms with Gasteiger partial charge in [0.2, 0.25) is 15.9 Å². The number of rotatable bonds is 5. The number of piperazine rings is 1. The largest absolute Gasteiger partial charge is 0.368 e. The van der Waals surface area contributed by atoms with E-state index in [1.807, 2.05) is 43.3 Å². The molecule has 0 atom stereocenters. The third-order valence-electron chi connectivity index (χ3n) is 5.09. The van der Waals surface area contributed by atoms with E-state index in [9.17, 15) is 13.2 Å². The van der Waals surface area contributed by atoms with Gasteiger partial charge < -0.3 is 9.80 Å². The van der Waals surface area contributed by atoms with Crippen LogP contribution < -0.4 is 9.62 Å². The molecule has 1 aliphatic rings. The van der Waals surface area contributed by atoms with Gasteiger partial charge in [-0.3, -0.25) is 4.79 Å². The first kappa shape index (κ1) is 21.6. The van der Waals surface area contributed by atoms with Crippen LogP contribution in [0.3, 0.4) is 0 Å². The summed E-state index contributed by atoms with van der Waals surface area (Å²) in [6.45, 7) is 7.65. The minimum Gasteiger partial charge on any atom is -0.368 e. The standard InChI is InChI=1S/C21H26ClN3O3S/c1-15-11-16(2)21(17(3)12-15)29(27,28)23-14-20(26)25-9-7-24(8-10-25)19-6-4-5-18(22)13-19/h4-6,11-13,23H,7-10,14H2,1-3H3. The van der Waals surface area contributed by atoms with E-state index in [-0.39, 0.29) is 17.3 Å². The van der Waals surface area contributed by atoms with Crippen molar-refractivity contribution >= 4 is 33.2 Å². The van der Waals surface area contributed by atoms with Gasteiger partial charge in [0.05, 0.1) is 11.4 Å². The summed E-state index contributed by atoms with van der Waals surface area (Å²) < 4.78 is 28.0. The summed E-state index contributed by atoms with van der Waals surface area (Å²) in [7, 11) is -3.75. The molecule has 2 aromatic rings. The van der Waals surface area contributed by atoms with Crippen LogP contribution in [0.4, 0.5) is 5.69 Å². The lowest BCUT2D eigenvalue weighted by molar-refractivity contribution is -0.130. The molecule has 0 unspecified atom stereocenters. The molecule has 0 radical (unpaired) electrons. The molecular weight excluding hydrogens is 410 g/mol. The highest BCUT2D eigenvalue weighted by atomic mass is 35.5. The van der Waals surface area contributed by atoms with Gasteiger partial charge in [-0.15, -0.1) is 0 Å². The molecule has 1 fully saturated rings. The Balaban J connectivity index is 1.59. The fourth-order valence-corrected chi connectivity index (χ4v) is 5.43. The average molecular weight is 436 g/mol. The van der Waals surface area contributed by atoms with Crippen LogP contribution in [-0.2, 0) is 14.8 Å². The second kappa shape index (κ2) is 8.73. The molecule has 0 aromatic heterocycles. The van der Waals surface area contributed by atoms with Crippen molar-refractivity contribution in [3.63, 3.8) is 0 Å². The molecule has 1 aliphatic heterocycles. The van der Waals surface area contributed by atoms with Crippen LogP contribution in [0.2, 0.25) is 5.02 Å². The molecule has 3 rings (SSSR count). The van der Waals surface area contributed by atoms with E-state index in [1.165, 1.54) is 0 Å². The summed E-state index contributed by atoms with van der Waals surface area (Å²) in [5.74, 6) is -0.221. The maximum absolute atomic E-state index is 12.7. The molecule has 1 N–H and O–H groups in total. The lowest BCUT2D eigenvalue weighted by Gasteiger charge is -2.36. The fraction of sp³-hybridized carbons (Fsp3) is 0.381. The second-order valence-electron chi connectivity index (χ2n) is 7.40. The Hall–Kier alpha value is -2.09. The molecule has 0 aliphatic carbocycles. The van der Waals surface area contributed by atoms with Crippen molar-refractivity contribution < 1.29 is 13.2 Å².